The monoisotopic (exact) mass is 300 g/mol. The summed E-state index contributed by atoms with van der Waals surface area (Å²) in [7, 11) is 0. The van der Waals surface area contributed by atoms with E-state index in [1.54, 1.807) is 13.0 Å². The van der Waals surface area contributed by atoms with Crippen LogP contribution in [0, 0.1) is 6.92 Å². The van der Waals surface area contributed by atoms with Crippen LogP contribution in [0.5, 0.6) is 0 Å². The number of carbonyl (C=O) groups is 1. The van der Waals surface area contributed by atoms with Crippen LogP contribution in [-0.2, 0) is 11.2 Å². The molecule has 0 aliphatic rings. The predicted octanol–water partition coefficient (Wildman–Crippen LogP) is 3.59. The number of esters is 1. The molecule has 3 rings (SSSR count). The Hall–Kier alpha value is -2.56. The lowest BCUT2D eigenvalue weighted by atomic mass is 10.0. The van der Waals surface area contributed by atoms with E-state index < -0.39 is 11.6 Å². The molecule has 5 heteroatoms. The van der Waals surface area contributed by atoms with Gasteiger partial charge in [-0.2, -0.15) is 0 Å². The molecule has 3 aromatic rings. The minimum atomic E-state index is -0.501. The van der Waals surface area contributed by atoms with Gasteiger partial charge in [0.2, 0.25) is 5.76 Å². The van der Waals surface area contributed by atoms with Crippen molar-refractivity contribution in [2.24, 2.45) is 0 Å². The Balaban J connectivity index is 2.43. The molecule has 2 heterocycles. The Labute approximate surface area is 126 Å². The minimum Gasteiger partial charge on any atom is -0.460 e. The molecule has 0 amide bonds. The second-order valence-corrected chi connectivity index (χ2v) is 5.05. The van der Waals surface area contributed by atoms with Gasteiger partial charge >= 0.3 is 11.6 Å². The summed E-state index contributed by atoms with van der Waals surface area (Å²) in [6.45, 7) is 5.78. The maximum atomic E-state index is 12.1. The molecule has 22 heavy (non-hydrogen) atoms. The van der Waals surface area contributed by atoms with Crippen LogP contribution >= 0.6 is 0 Å². The van der Waals surface area contributed by atoms with Crippen molar-refractivity contribution in [1.29, 1.82) is 0 Å². The maximum Gasteiger partial charge on any atom is 0.374 e. The summed E-state index contributed by atoms with van der Waals surface area (Å²) in [6.07, 6.45) is 0.567. The predicted molar refractivity (Wildman–Crippen MR) is 82.3 cm³/mol. The molecule has 114 valence electrons. The Morgan fingerprint density at radius 3 is 2.68 bits per heavy atom. The van der Waals surface area contributed by atoms with E-state index in [0.29, 0.717) is 28.5 Å². The smallest absolute Gasteiger partial charge is 0.374 e. The van der Waals surface area contributed by atoms with Crippen LogP contribution in [0.25, 0.3) is 21.9 Å². The molecule has 2 aromatic heterocycles. The van der Waals surface area contributed by atoms with Gasteiger partial charge in [-0.3, -0.25) is 0 Å². The van der Waals surface area contributed by atoms with Gasteiger partial charge in [0.05, 0.1) is 12.0 Å². The number of rotatable bonds is 3. The second kappa shape index (κ2) is 5.33. The van der Waals surface area contributed by atoms with Gasteiger partial charge in [0.15, 0.2) is 0 Å². The van der Waals surface area contributed by atoms with Crippen LogP contribution in [0.15, 0.2) is 31.8 Å². The highest BCUT2D eigenvalue weighted by atomic mass is 16.5. The largest absolute Gasteiger partial charge is 0.460 e. The van der Waals surface area contributed by atoms with E-state index in [4.69, 9.17) is 13.6 Å². The van der Waals surface area contributed by atoms with Crippen molar-refractivity contribution in [3.05, 3.63) is 45.5 Å². The normalized spacial score (nSPS) is 11.2. The van der Waals surface area contributed by atoms with E-state index in [1.165, 1.54) is 6.07 Å². The SMILES string of the molecule is CCOC(=O)c1oc2ccc3c(C)cc(=O)oc3c2c1CC. The fourth-order valence-corrected chi connectivity index (χ4v) is 2.72. The number of benzene rings is 1. The number of furan rings is 1. The van der Waals surface area contributed by atoms with Crippen LogP contribution < -0.4 is 5.63 Å². The summed E-state index contributed by atoms with van der Waals surface area (Å²) in [4.78, 5) is 23.8. The first kappa shape index (κ1) is 14.4. The van der Waals surface area contributed by atoms with Crippen LogP contribution in [0.2, 0.25) is 0 Å². The topological polar surface area (TPSA) is 69.7 Å². The molecule has 0 radical (unpaired) electrons. The molecule has 0 N–H and O–H groups in total. The van der Waals surface area contributed by atoms with Crippen molar-refractivity contribution in [2.75, 3.05) is 6.61 Å². The molecular weight excluding hydrogens is 284 g/mol. The van der Waals surface area contributed by atoms with Crippen molar-refractivity contribution in [1.82, 2.24) is 0 Å². The number of hydrogen-bond acceptors (Lipinski definition) is 5. The van der Waals surface area contributed by atoms with Crippen molar-refractivity contribution in [3.63, 3.8) is 0 Å². The van der Waals surface area contributed by atoms with E-state index in [9.17, 15) is 9.59 Å². The average molecular weight is 300 g/mol. The first-order valence-corrected chi connectivity index (χ1v) is 7.22. The van der Waals surface area contributed by atoms with E-state index in [-0.39, 0.29) is 12.4 Å². The zero-order valence-corrected chi connectivity index (χ0v) is 12.7. The van der Waals surface area contributed by atoms with Crippen molar-refractivity contribution in [3.8, 4) is 0 Å². The van der Waals surface area contributed by atoms with Gasteiger partial charge in [-0.15, -0.1) is 0 Å². The molecule has 0 aliphatic carbocycles. The van der Waals surface area contributed by atoms with Crippen molar-refractivity contribution < 1.29 is 18.4 Å². The summed E-state index contributed by atoms with van der Waals surface area (Å²) in [5.41, 5.74) is 2.08. The molecular formula is C17H16O5. The Morgan fingerprint density at radius 1 is 1.23 bits per heavy atom. The van der Waals surface area contributed by atoms with Gasteiger partial charge in [0.25, 0.3) is 0 Å². The van der Waals surface area contributed by atoms with Gasteiger partial charge in [0, 0.05) is 17.0 Å². The second-order valence-electron chi connectivity index (χ2n) is 5.05. The van der Waals surface area contributed by atoms with E-state index in [1.807, 2.05) is 19.9 Å². The molecule has 0 bridgehead atoms. The fourth-order valence-electron chi connectivity index (χ4n) is 2.72. The zero-order chi connectivity index (χ0) is 15.9. The molecule has 0 fully saturated rings. The van der Waals surface area contributed by atoms with Crippen LogP contribution in [0.1, 0.15) is 35.5 Å². The summed E-state index contributed by atoms with van der Waals surface area (Å²) >= 11 is 0. The maximum absolute atomic E-state index is 12.1. The molecule has 0 unspecified atom stereocenters. The molecule has 0 saturated carbocycles. The molecule has 5 nitrogen and oxygen atoms in total. The van der Waals surface area contributed by atoms with Crippen LogP contribution in [-0.4, -0.2) is 12.6 Å². The number of fused-ring (bicyclic) bond motifs is 3. The van der Waals surface area contributed by atoms with E-state index in [0.717, 1.165) is 10.9 Å². The summed E-state index contributed by atoms with van der Waals surface area (Å²) < 4.78 is 16.1. The number of aryl methyl sites for hydroxylation is 2. The van der Waals surface area contributed by atoms with Gasteiger partial charge in [-0.1, -0.05) is 6.92 Å². The lowest BCUT2D eigenvalue weighted by Gasteiger charge is -2.02. The first-order valence-electron chi connectivity index (χ1n) is 7.22. The summed E-state index contributed by atoms with van der Waals surface area (Å²) in [5.74, 6) is -0.324. The third-order valence-electron chi connectivity index (χ3n) is 3.68. The van der Waals surface area contributed by atoms with Gasteiger partial charge < -0.3 is 13.6 Å². The van der Waals surface area contributed by atoms with E-state index >= 15 is 0 Å². The van der Waals surface area contributed by atoms with Crippen LogP contribution in [0.4, 0.5) is 0 Å². The van der Waals surface area contributed by atoms with Gasteiger partial charge in [-0.25, -0.2) is 9.59 Å². The standard InChI is InChI=1S/C17H16O5/c1-4-10-14-12(21-16(10)17(19)20-5-2)7-6-11-9(3)8-13(18)22-15(11)14/h6-8H,4-5H2,1-3H3. The van der Waals surface area contributed by atoms with Crippen molar-refractivity contribution >= 4 is 27.9 Å². The van der Waals surface area contributed by atoms with Crippen LogP contribution in [0.3, 0.4) is 0 Å². The Bertz CT molecular complexity index is 930. The number of carbonyl (C=O) groups excluding carboxylic acids is 1. The van der Waals surface area contributed by atoms with Gasteiger partial charge in [-0.05, 0) is 38.0 Å². The lowest BCUT2D eigenvalue weighted by molar-refractivity contribution is 0.0491. The van der Waals surface area contributed by atoms with E-state index in [2.05, 4.69) is 0 Å². The molecule has 0 aliphatic heterocycles. The highest BCUT2D eigenvalue weighted by Crippen LogP contribution is 2.33. The highest BCUT2D eigenvalue weighted by Gasteiger charge is 2.23. The first-order chi connectivity index (χ1) is 10.6. The number of hydrogen-bond donors (Lipinski definition) is 0. The Morgan fingerprint density at radius 2 is 2.00 bits per heavy atom. The average Bonchev–Trinajstić information content (AvgIpc) is 2.86. The number of ether oxygens (including phenoxy) is 1. The summed E-state index contributed by atoms with van der Waals surface area (Å²) in [6, 6.07) is 5.06. The van der Waals surface area contributed by atoms with Crippen molar-refractivity contribution in [2.45, 2.75) is 27.2 Å². The molecule has 0 saturated heterocycles. The third kappa shape index (κ3) is 2.09. The zero-order valence-electron chi connectivity index (χ0n) is 12.7. The third-order valence-corrected chi connectivity index (χ3v) is 3.68. The fraction of sp³-hybridized carbons (Fsp3) is 0.294. The minimum absolute atomic E-state index is 0.177. The molecule has 0 atom stereocenters. The highest BCUT2D eigenvalue weighted by molar-refractivity contribution is 6.08. The van der Waals surface area contributed by atoms with Gasteiger partial charge in [0.1, 0.15) is 11.2 Å². The molecule has 0 spiro atoms. The quantitative estimate of drug-likeness (QED) is 0.546. The summed E-state index contributed by atoms with van der Waals surface area (Å²) in [5, 5.41) is 1.50. The lowest BCUT2D eigenvalue weighted by Crippen LogP contribution is -2.05. The Kier molecular flexibility index (Phi) is 3.48. The molecule has 1 aromatic carbocycles.